The smallest absolute Gasteiger partial charge is 0.223 e. The molecule has 76 valence electrons. The van der Waals surface area contributed by atoms with Gasteiger partial charge in [0.15, 0.2) is 0 Å². The van der Waals surface area contributed by atoms with Crippen LogP contribution in [-0.4, -0.2) is 21.1 Å². The number of rotatable bonds is 3. The number of hydrogen-bond donors (Lipinski definition) is 2. The van der Waals surface area contributed by atoms with Crippen LogP contribution in [0.4, 0.5) is 0 Å². The van der Waals surface area contributed by atoms with Gasteiger partial charge in [-0.25, -0.2) is 4.98 Å². The van der Waals surface area contributed by atoms with Crippen LogP contribution in [0, 0.1) is 11.8 Å². The predicted molar refractivity (Wildman–Crippen MR) is 50.2 cm³/mol. The van der Waals surface area contributed by atoms with Gasteiger partial charge in [-0.3, -0.25) is 9.89 Å². The van der Waals surface area contributed by atoms with Crippen LogP contribution < -0.4 is 5.32 Å². The van der Waals surface area contributed by atoms with Crippen molar-refractivity contribution in [2.24, 2.45) is 11.8 Å². The molecule has 0 spiro atoms. The zero-order valence-corrected chi connectivity index (χ0v) is 8.32. The lowest BCUT2D eigenvalue weighted by molar-refractivity contribution is -0.123. The summed E-state index contributed by atoms with van der Waals surface area (Å²) in [6.45, 7) is 3.98. The van der Waals surface area contributed by atoms with E-state index in [1.54, 1.807) is 0 Å². The van der Waals surface area contributed by atoms with Crippen molar-refractivity contribution in [3.8, 4) is 0 Å². The summed E-state index contributed by atoms with van der Waals surface area (Å²) < 4.78 is 0. The van der Waals surface area contributed by atoms with E-state index >= 15 is 0 Å². The van der Waals surface area contributed by atoms with Crippen LogP contribution in [0.2, 0.25) is 0 Å². The molecule has 1 heterocycles. The van der Waals surface area contributed by atoms with Gasteiger partial charge in [0.1, 0.15) is 12.2 Å². The second-order valence-corrected chi connectivity index (χ2v) is 3.92. The third-order valence-electron chi connectivity index (χ3n) is 2.65. The van der Waals surface area contributed by atoms with Gasteiger partial charge in [0.25, 0.3) is 0 Å². The van der Waals surface area contributed by atoms with Crippen LogP contribution in [0.1, 0.15) is 32.1 Å². The molecule has 2 rings (SSSR count). The Hall–Kier alpha value is -1.39. The van der Waals surface area contributed by atoms with Gasteiger partial charge >= 0.3 is 0 Å². The third-order valence-corrected chi connectivity index (χ3v) is 2.65. The minimum Gasteiger partial charge on any atom is -0.346 e. The van der Waals surface area contributed by atoms with Gasteiger partial charge in [-0.05, 0) is 19.3 Å². The van der Waals surface area contributed by atoms with Gasteiger partial charge in [0.05, 0.1) is 6.04 Å². The van der Waals surface area contributed by atoms with E-state index in [4.69, 9.17) is 0 Å². The highest BCUT2D eigenvalue weighted by Crippen LogP contribution is 2.37. The Bertz CT molecular complexity index is 322. The maximum atomic E-state index is 11.5. The molecule has 5 heteroatoms. The number of carbonyl (C=O) groups is 1. The predicted octanol–water partition coefficient (Wildman–Crippen LogP) is 0.638. The summed E-state index contributed by atoms with van der Waals surface area (Å²) >= 11 is 0. The monoisotopic (exact) mass is 194 g/mol. The molecule has 0 aliphatic heterocycles. The van der Waals surface area contributed by atoms with Crippen LogP contribution in [0.25, 0.3) is 0 Å². The summed E-state index contributed by atoms with van der Waals surface area (Å²) in [4.78, 5) is 15.5. The van der Waals surface area contributed by atoms with Crippen LogP contribution >= 0.6 is 0 Å². The largest absolute Gasteiger partial charge is 0.346 e. The highest BCUT2D eigenvalue weighted by atomic mass is 16.2. The lowest BCUT2D eigenvalue weighted by Crippen LogP contribution is -2.29. The molecule has 2 N–H and O–H groups in total. The van der Waals surface area contributed by atoms with Gasteiger partial charge in [-0.2, -0.15) is 5.10 Å². The first-order valence-electron chi connectivity index (χ1n) is 4.84. The van der Waals surface area contributed by atoms with Gasteiger partial charge in [0, 0.05) is 5.92 Å². The summed E-state index contributed by atoms with van der Waals surface area (Å²) in [6, 6.07) is -0.0854. The van der Waals surface area contributed by atoms with Crippen molar-refractivity contribution in [2.75, 3.05) is 0 Å². The van der Waals surface area contributed by atoms with E-state index in [2.05, 4.69) is 27.4 Å². The quantitative estimate of drug-likeness (QED) is 0.741. The van der Waals surface area contributed by atoms with Gasteiger partial charge in [0.2, 0.25) is 5.91 Å². The first-order chi connectivity index (χ1) is 6.68. The summed E-state index contributed by atoms with van der Waals surface area (Å²) in [6.07, 6.45) is 2.45. The second kappa shape index (κ2) is 3.40. The first-order valence-corrected chi connectivity index (χ1v) is 4.84. The van der Waals surface area contributed by atoms with E-state index in [1.165, 1.54) is 6.33 Å². The molecule has 0 bridgehead atoms. The van der Waals surface area contributed by atoms with Crippen LogP contribution in [0.3, 0.4) is 0 Å². The number of amides is 1. The molecule has 3 atom stereocenters. The fourth-order valence-electron chi connectivity index (χ4n) is 1.50. The van der Waals surface area contributed by atoms with Crippen molar-refractivity contribution >= 4 is 5.91 Å². The second-order valence-electron chi connectivity index (χ2n) is 3.92. The van der Waals surface area contributed by atoms with E-state index < -0.39 is 0 Å². The molecule has 1 aliphatic rings. The van der Waals surface area contributed by atoms with E-state index in [1.807, 2.05) is 6.92 Å². The number of aromatic amines is 1. The third kappa shape index (κ3) is 1.76. The fraction of sp³-hybridized carbons (Fsp3) is 0.667. The summed E-state index contributed by atoms with van der Waals surface area (Å²) in [5, 5.41) is 9.38. The SMILES string of the molecule is CC(NC(=O)C1CC1C)c1ncn[nH]1. The normalized spacial score (nSPS) is 27.0. The molecule has 1 fully saturated rings. The Kier molecular flexibility index (Phi) is 2.23. The van der Waals surface area contributed by atoms with E-state index in [0.717, 1.165) is 6.42 Å². The van der Waals surface area contributed by atoms with E-state index in [0.29, 0.717) is 11.7 Å². The summed E-state index contributed by atoms with van der Waals surface area (Å²) in [5.74, 6) is 1.57. The number of nitrogens with zero attached hydrogens (tertiary/aromatic N) is 2. The maximum Gasteiger partial charge on any atom is 0.223 e. The van der Waals surface area contributed by atoms with Gasteiger partial charge in [-0.15, -0.1) is 0 Å². The Morgan fingerprint density at radius 3 is 3.00 bits per heavy atom. The average Bonchev–Trinajstić information content (AvgIpc) is 2.70. The summed E-state index contributed by atoms with van der Waals surface area (Å²) in [5.41, 5.74) is 0. The topological polar surface area (TPSA) is 70.7 Å². The molecule has 1 aromatic rings. The van der Waals surface area contributed by atoms with E-state index in [9.17, 15) is 4.79 Å². The molecule has 1 amide bonds. The first kappa shape index (κ1) is 9.18. The minimum atomic E-state index is -0.0854. The Morgan fingerprint density at radius 1 is 1.79 bits per heavy atom. The molecular weight excluding hydrogens is 180 g/mol. The molecule has 14 heavy (non-hydrogen) atoms. The highest BCUT2D eigenvalue weighted by Gasteiger charge is 2.39. The van der Waals surface area contributed by atoms with Crippen molar-refractivity contribution < 1.29 is 4.79 Å². The van der Waals surface area contributed by atoms with Crippen molar-refractivity contribution in [1.29, 1.82) is 0 Å². The van der Waals surface area contributed by atoms with Crippen molar-refractivity contribution in [1.82, 2.24) is 20.5 Å². The number of hydrogen-bond acceptors (Lipinski definition) is 3. The lowest BCUT2D eigenvalue weighted by Gasteiger charge is -2.10. The Labute approximate surface area is 82.3 Å². The van der Waals surface area contributed by atoms with Gasteiger partial charge < -0.3 is 5.32 Å². The molecule has 5 nitrogen and oxygen atoms in total. The van der Waals surface area contributed by atoms with Crippen LogP contribution in [0.15, 0.2) is 6.33 Å². The van der Waals surface area contributed by atoms with Crippen molar-refractivity contribution in [2.45, 2.75) is 26.3 Å². The number of aromatic nitrogens is 3. The molecule has 0 aromatic carbocycles. The molecule has 0 saturated heterocycles. The zero-order chi connectivity index (χ0) is 10.1. The van der Waals surface area contributed by atoms with E-state index in [-0.39, 0.29) is 17.9 Å². The highest BCUT2D eigenvalue weighted by molar-refractivity contribution is 5.81. The zero-order valence-electron chi connectivity index (χ0n) is 8.32. The van der Waals surface area contributed by atoms with Crippen LogP contribution in [0.5, 0.6) is 0 Å². The summed E-state index contributed by atoms with van der Waals surface area (Å²) in [7, 11) is 0. The molecular formula is C9H14N4O. The standard InChI is InChI=1S/C9H14N4O/c1-5-3-7(5)9(14)12-6(2)8-10-4-11-13-8/h4-7H,3H2,1-2H3,(H,12,14)(H,10,11,13). The minimum absolute atomic E-state index is 0.0854. The molecule has 3 unspecified atom stereocenters. The molecule has 1 aliphatic carbocycles. The van der Waals surface area contributed by atoms with Crippen molar-refractivity contribution in [3.05, 3.63) is 12.2 Å². The fourth-order valence-corrected chi connectivity index (χ4v) is 1.50. The molecule has 0 radical (unpaired) electrons. The Morgan fingerprint density at radius 2 is 2.50 bits per heavy atom. The van der Waals surface area contributed by atoms with Crippen molar-refractivity contribution in [3.63, 3.8) is 0 Å². The Balaban J connectivity index is 1.88. The molecule has 1 saturated carbocycles. The van der Waals surface area contributed by atoms with Gasteiger partial charge in [-0.1, -0.05) is 6.92 Å². The number of H-pyrrole nitrogens is 1. The lowest BCUT2D eigenvalue weighted by atomic mass is 10.2. The van der Waals surface area contributed by atoms with Crippen LogP contribution in [-0.2, 0) is 4.79 Å². The number of carbonyl (C=O) groups excluding carboxylic acids is 1. The number of nitrogens with one attached hydrogen (secondary N) is 2. The molecule has 1 aromatic heterocycles. The average molecular weight is 194 g/mol. The maximum absolute atomic E-state index is 11.5.